The van der Waals surface area contributed by atoms with Gasteiger partial charge in [-0.15, -0.1) is 0 Å². The van der Waals surface area contributed by atoms with Gasteiger partial charge in [-0.2, -0.15) is 0 Å². The lowest BCUT2D eigenvalue weighted by Gasteiger charge is -2.05. The summed E-state index contributed by atoms with van der Waals surface area (Å²) >= 11 is 0. The number of benzene rings is 1. The van der Waals surface area contributed by atoms with E-state index in [1.54, 1.807) is 0 Å². The maximum Gasteiger partial charge on any atom is 0.0787 e. The van der Waals surface area contributed by atoms with Gasteiger partial charge in [0.25, 0.3) is 0 Å². The molecule has 1 aromatic carbocycles. The van der Waals surface area contributed by atoms with E-state index in [0.717, 1.165) is 12.0 Å². The molecule has 1 rings (SSSR count). The number of aliphatic hydroxyl groups excluding tert-OH is 1. The highest BCUT2D eigenvalue weighted by molar-refractivity contribution is 5.16. The first-order valence-electron chi connectivity index (χ1n) is 5.57. The van der Waals surface area contributed by atoms with Crippen LogP contribution in [0, 0.1) is 0 Å². The zero-order valence-corrected chi connectivity index (χ0v) is 10.1. The van der Waals surface area contributed by atoms with Crippen molar-refractivity contribution in [2.24, 2.45) is 0 Å². The summed E-state index contributed by atoms with van der Waals surface area (Å²) in [6.07, 6.45) is 0.491. The molecule has 0 heterocycles. The van der Waals surface area contributed by atoms with Crippen LogP contribution < -0.4 is 0 Å². The predicted octanol–water partition coefficient (Wildman–Crippen LogP) is 4.18. The minimum atomic E-state index is -0.291. The molecule has 0 fully saturated rings. The molecular formula is C13H24O. The minimum Gasteiger partial charge on any atom is -0.388 e. The van der Waals surface area contributed by atoms with Crippen LogP contribution in [0.3, 0.4) is 0 Å². The molecule has 0 aliphatic heterocycles. The van der Waals surface area contributed by atoms with E-state index in [1.807, 2.05) is 65.0 Å². The Bertz CT molecular complexity index is 182. The van der Waals surface area contributed by atoms with E-state index in [-0.39, 0.29) is 6.10 Å². The van der Waals surface area contributed by atoms with Gasteiger partial charge in [0.1, 0.15) is 0 Å². The topological polar surface area (TPSA) is 20.2 Å². The Hall–Kier alpha value is -0.820. The summed E-state index contributed by atoms with van der Waals surface area (Å²) < 4.78 is 0. The van der Waals surface area contributed by atoms with Gasteiger partial charge in [0.05, 0.1) is 6.10 Å². The third-order valence-corrected chi connectivity index (χ3v) is 1.57. The van der Waals surface area contributed by atoms with Gasteiger partial charge in [0.15, 0.2) is 0 Å². The van der Waals surface area contributed by atoms with Crippen molar-refractivity contribution in [1.29, 1.82) is 0 Å². The zero-order valence-electron chi connectivity index (χ0n) is 10.1. The van der Waals surface area contributed by atoms with E-state index < -0.39 is 0 Å². The molecule has 0 aliphatic rings. The summed E-state index contributed by atoms with van der Waals surface area (Å²) in [6, 6.07) is 9.70. The molecule has 82 valence electrons. The largest absolute Gasteiger partial charge is 0.388 e. The fourth-order valence-corrected chi connectivity index (χ4v) is 0.911. The lowest BCUT2D eigenvalue weighted by molar-refractivity contribution is 0.173. The Morgan fingerprint density at radius 1 is 1.00 bits per heavy atom. The highest BCUT2D eigenvalue weighted by Gasteiger charge is 2.00. The molecule has 1 nitrogen and oxygen atoms in total. The zero-order chi connectivity index (χ0) is 11.4. The van der Waals surface area contributed by atoms with Crippen molar-refractivity contribution in [3.63, 3.8) is 0 Å². The molecule has 14 heavy (non-hydrogen) atoms. The standard InChI is InChI=1S/C9H12O.2C2H6/c1-2-9(10)8-6-4-3-5-7-8;2*1-2/h3-7,9-10H,2H2,1H3;2*1-2H3. The smallest absolute Gasteiger partial charge is 0.0787 e. The summed E-state index contributed by atoms with van der Waals surface area (Å²) in [7, 11) is 0. The van der Waals surface area contributed by atoms with E-state index in [2.05, 4.69) is 0 Å². The fourth-order valence-electron chi connectivity index (χ4n) is 0.911. The predicted molar refractivity (Wildman–Crippen MR) is 64.4 cm³/mol. The second-order valence-corrected chi connectivity index (χ2v) is 2.33. The van der Waals surface area contributed by atoms with Crippen LogP contribution in [0.2, 0.25) is 0 Å². The molecule has 1 aromatic rings. The van der Waals surface area contributed by atoms with Crippen molar-refractivity contribution in [2.45, 2.75) is 47.1 Å². The van der Waals surface area contributed by atoms with Crippen molar-refractivity contribution in [1.82, 2.24) is 0 Å². The van der Waals surface area contributed by atoms with Crippen LogP contribution in [0.15, 0.2) is 30.3 Å². The van der Waals surface area contributed by atoms with Crippen LogP contribution in [0.1, 0.15) is 52.7 Å². The molecule has 1 unspecified atom stereocenters. The van der Waals surface area contributed by atoms with Gasteiger partial charge < -0.3 is 5.11 Å². The first kappa shape index (κ1) is 15.6. The summed E-state index contributed by atoms with van der Waals surface area (Å²) in [5.74, 6) is 0. The maximum atomic E-state index is 9.33. The second-order valence-electron chi connectivity index (χ2n) is 2.33. The molecule has 0 saturated heterocycles. The maximum absolute atomic E-state index is 9.33. The minimum absolute atomic E-state index is 0.291. The molecule has 0 aromatic heterocycles. The monoisotopic (exact) mass is 196 g/mol. The molecule has 1 heteroatoms. The van der Waals surface area contributed by atoms with Crippen LogP contribution >= 0.6 is 0 Å². The highest BCUT2D eigenvalue weighted by atomic mass is 16.3. The van der Waals surface area contributed by atoms with Gasteiger partial charge in [-0.25, -0.2) is 0 Å². The number of aliphatic hydroxyl groups is 1. The lowest BCUT2D eigenvalue weighted by atomic mass is 10.1. The average Bonchev–Trinajstić information content (AvgIpc) is 2.34. The average molecular weight is 196 g/mol. The van der Waals surface area contributed by atoms with Crippen LogP contribution in [0.25, 0.3) is 0 Å². The van der Waals surface area contributed by atoms with Gasteiger partial charge in [-0.1, -0.05) is 65.0 Å². The molecule has 0 aliphatic carbocycles. The molecular weight excluding hydrogens is 172 g/mol. The fraction of sp³-hybridized carbons (Fsp3) is 0.538. The van der Waals surface area contributed by atoms with Crippen molar-refractivity contribution >= 4 is 0 Å². The van der Waals surface area contributed by atoms with Crippen molar-refractivity contribution in [3.05, 3.63) is 35.9 Å². The lowest BCUT2D eigenvalue weighted by Crippen LogP contribution is -1.93. The van der Waals surface area contributed by atoms with Crippen LogP contribution in [-0.4, -0.2) is 5.11 Å². The third kappa shape index (κ3) is 6.67. The van der Waals surface area contributed by atoms with Crippen molar-refractivity contribution in [2.75, 3.05) is 0 Å². The summed E-state index contributed by atoms with van der Waals surface area (Å²) in [5.41, 5.74) is 1.00. The van der Waals surface area contributed by atoms with E-state index in [4.69, 9.17) is 0 Å². The normalized spacial score (nSPS) is 10.1. The van der Waals surface area contributed by atoms with E-state index in [9.17, 15) is 5.11 Å². The van der Waals surface area contributed by atoms with Gasteiger partial charge in [0, 0.05) is 0 Å². The summed E-state index contributed by atoms with van der Waals surface area (Å²) in [4.78, 5) is 0. The van der Waals surface area contributed by atoms with Gasteiger partial charge >= 0.3 is 0 Å². The number of hydrogen-bond acceptors (Lipinski definition) is 1. The van der Waals surface area contributed by atoms with Gasteiger partial charge in [0.2, 0.25) is 0 Å². The molecule has 1 atom stereocenters. The van der Waals surface area contributed by atoms with Crippen LogP contribution in [0.5, 0.6) is 0 Å². The Labute approximate surface area is 88.8 Å². The Balaban J connectivity index is 0. The van der Waals surface area contributed by atoms with E-state index >= 15 is 0 Å². The second kappa shape index (κ2) is 12.2. The molecule has 0 saturated carbocycles. The van der Waals surface area contributed by atoms with Crippen LogP contribution in [-0.2, 0) is 0 Å². The Morgan fingerprint density at radius 3 is 1.79 bits per heavy atom. The Kier molecular flexibility index (Phi) is 13.6. The third-order valence-electron chi connectivity index (χ3n) is 1.57. The molecule has 0 spiro atoms. The summed E-state index contributed by atoms with van der Waals surface area (Å²) in [5, 5.41) is 9.33. The number of hydrogen-bond donors (Lipinski definition) is 1. The van der Waals surface area contributed by atoms with Crippen molar-refractivity contribution in [3.8, 4) is 0 Å². The van der Waals surface area contributed by atoms with E-state index in [1.165, 1.54) is 0 Å². The molecule has 0 amide bonds. The highest BCUT2D eigenvalue weighted by Crippen LogP contribution is 2.14. The Morgan fingerprint density at radius 2 is 1.43 bits per heavy atom. The van der Waals surface area contributed by atoms with Gasteiger partial charge in [-0.05, 0) is 12.0 Å². The quantitative estimate of drug-likeness (QED) is 0.752. The first-order chi connectivity index (χ1) is 6.84. The summed E-state index contributed by atoms with van der Waals surface area (Å²) in [6.45, 7) is 9.97. The van der Waals surface area contributed by atoms with E-state index in [0.29, 0.717) is 0 Å². The molecule has 1 N–H and O–H groups in total. The van der Waals surface area contributed by atoms with Crippen LogP contribution in [0.4, 0.5) is 0 Å². The molecule has 0 radical (unpaired) electrons. The molecule has 0 bridgehead atoms. The SMILES string of the molecule is CC.CC.CCC(O)c1ccccc1. The van der Waals surface area contributed by atoms with Crippen molar-refractivity contribution < 1.29 is 5.11 Å². The first-order valence-corrected chi connectivity index (χ1v) is 5.57. The van der Waals surface area contributed by atoms with Gasteiger partial charge in [-0.3, -0.25) is 0 Å². The number of rotatable bonds is 2.